The normalized spacial score (nSPS) is 21.7. The molecule has 1 unspecified atom stereocenters. The van der Waals surface area contributed by atoms with Gasteiger partial charge >= 0.3 is 0 Å². The van der Waals surface area contributed by atoms with Crippen molar-refractivity contribution in [2.75, 3.05) is 25.5 Å². The largest absolute Gasteiger partial charge is 0.379 e. The van der Waals surface area contributed by atoms with Crippen molar-refractivity contribution in [3.05, 3.63) is 5.69 Å². The number of nitrogens with zero attached hydrogens (tertiary/aromatic N) is 3. The lowest BCUT2D eigenvalue weighted by atomic mass is 10.2. The number of amides is 1. The number of hydrogen-bond acceptors (Lipinski definition) is 6. The van der Waals surface area contributed by atoms with Crippen molar-refractivity contribution in [2.45, 2.75) is 13.0 Å². The SMILES string of the molecule is CC1COCCN1C(=O)c1nonc1N. The highest BCUT2D eigenvalue weighted by atomic mass is 16.6. The predicted molar refractivity (Wildman–Crippen MR) is 50.0 cm³/mol. The minimum absolute atomic E-state index is 0.0161. The minimum atomic E-state index is -0.260. The van der Waals surface area contributed by atoms with Crippen LogP contribution >= 0.6 is 0 Å². The summed E-state index contributed by atoms with van der Waals surface area (Å²) in [6.45, 7) is 3.49. The van der Waals surface area contributed by atoms with Gasteiger partial charge in [-0.05, 0) is 17.2 Å². The molecule has 1 fully saturated rings. The van der Waals surface area contributed by atoms with Crippen LogP contribution < -0.4 is 5.73 Å². The summed E-state index contributed by atoms with van der Waals surface area (Å²) in [5.41, 5.74) is 5.52. The number of hydrogen-bond donors (Lipinski definition) is 1. The lowest BCUT2D eigenvalue weighted by Crippen LogP contribution is -2.47. The molecular weight excluding hydrogens is 200 g/mol. The van der Waals surface area contributed by atoms with Crippen molar-refractivity contribution in [3.8, 4) is 0 Å². The van der Waals surface area contributed by atoms with Crippen molar-refractivity contribution in [1.82, 2.24) is 15.2 Å². The molecule has 2 rings (SSSR count). The van der Waals surface area contributed by atoms with Crippen LogP contribution in [0.15, 0.2) is 4.63 Å². The van der Waals surface area contributed by atoms with Crippen LogP contribution in [-0.4, -0.2) is 46.9 Å². The topological polar surface area (TPSA) is 94.5 Å². The van der Waals surface area contributed by atoms with Gasteiger partial charge in [0, 0.05) is 6.54 Å². The monoisotopic (exact) mass is 212 g/mol. The summed E-state index contributed by atoms with van der Waals surface area (Å²) in [6, 6.07) is 0.0161. The van der Waals surface area contributed by atoms with Gasteiger partial charge in [-0.1, -0.05) is 0 Å². The number of aromatic nitrogens is 2. The van der Waals surface area contributed by atoms with Gasteiger partial charge < -0.3 is 15.4 Å². The molecule has 82 valence electrons. The first-order valence-electron chi connectivity index (χ1n) is 4.67. The molecule has 15 heavy (non-hydrogen) atoms. The van der Waals surface area contributed by atoms with Crippen LogP contribution in [0.5, 0.6) is 0 Å². The van der Waals surface area contributed by atoms with Gasteiger partial charge in [-0.25, -0.2) is 4.63 Å². The van der Waals surface area contributed by atoms with Crippen LogP contribution in [0.3, 0.4) is 0 Å². The van der Waals surface area contributed by atoms with Gasteiger partial charge in [0.25, 0.3) is 5.91 Å². The highest BCUT2D eigenvalue weighted by Crippen LogP contribution is 2.13. The van der Waals surface area contributed by atoms with Crippen LogP contribution in [0.2, 0.25) is 0 Å². The minimum Gasteiger partial charge on any atom is -0.379 e. The van der Waals surface area contributed by atoms with Gasteiger partial charge in [0.1, 0.15) is 0 Å². The first-order chi connectivity index (χ1) is 7.20. The third-order valence-electron chi connectivity index (χ3n) is 2.34. The molecule has 0 aromatic carbocycles. The quantitative estimate of drug-likeness (QED) is 0.675. The van der Waals surface area contributed by atoms with Crippen LogP contribution in [0.1, 0.15) is 17.4 Å². The molecule has 1 atom stereocenters. The number of rotatable bonds is 1. The van der Waals surface area contributed by atoms with E-state index in [1.807, 2.05) is 6.92 Å². The molecule has 0 saturated carbocycles. The van der Waals surface area contributed by atoms with E-state index in [-0.39, 0.29) is 23.5 Å². The Balaban J connectivity index is 2.17. The standard InChI is InChI=1S/C8H12N4O3/c1-5-4-14-3-2-12(5)8(13)6-7(9)11-15-10-6/h5H,2-4H2,1H3,(H2,9,11). The molecule has 1 aromatic heterocycles. The highest BCUT2D eigenvalue weighted by Gasteiger charge is 2.28. The molecule has 7 nitrogen and oxygen atoms in total. The number of nitrogens with two attached hydrogens (primary N) is 1. The summed E-state index contributed by atoms with van der Waals surface area (Å²) in [6.07, 6.45) is 0. The zero-order chi connectivity index (χ0) is 10.8. The summed E-state index contributed by atoms with van der Waals surface area (Å²) in [4.78, 5) is 13.6. The molecule has 1 aromatic rings. The zero-order valence-electron chi connectivity index (χ0n) is 8.34. The summed E-state index contributed by atoms with van der Waals surface area (Å²) in [5.74, 6) is -0.233. The smallest absolute Gasteiger partial charge is 0.280 e. The summed E-state index contributed by atoms with van der Waals surface area (Å²) < 4.78 is 9.61. The second kappa shape index (κ2) is 3.85. The molecule has 1 aliphatic rings. The second-order valence-electron chi connectivity index (χ2n) is 3.42. The second-order valence-corrected chi connectivity index (χ2v) is 3.42. The molecule has 1 aliphatic heterocycles. The van der Waals surface area contributed by atoms with E-state index in [0.29, 0.717) is 19.8 Å². The van der Waals surface area contributed by atoms with Crippen molar-refractivity contribution >= 4 is 11.7 Å². The molecule has 2 heterocycles. The van der Waals surface area contributed by atoms with Gasteiger partial charge in [0.15, 0.2) is 0 Å². The Labute approximate surface area is 86.1 Å². The molecular formula is C8H12N4O3. The Hall–Kier alpha value is -1.63. The van der Waals surface area contributed by atoms with Gasteiger partial charge in [-0.3, -0.25) is 4.79 Å². The van der Waals surface area contributed by atoms with Crippen LogP contribution in [0.4, 0.5) is 5.82 Å². The van der Waals surface area contributed by atoms with Gasteiger partial charge in [0.05, 0.1) is 19.3 Å². The molecule has 1 amide bonds. The van der Waals surface area contributed by atoms with E-state index in [1.54, 1.807) is 4.90 Å². The fourth-order valence-corrected chi connectivity index (χ4v) is 1.51. The zero-order valence-corrected chi connectivity index (χ0v) is 8.34. The predicted octanol–water partition coefficient (Wildman–Crippen LogP) is -0.487. The number of anilines is 1. The van der Waals surface area contributed by atoms with E-state index in [4.69, 9.17) is 10.5 Å². The number of nitrogen functional groups attached to an aromatic ring is 1. The van der Waals surface area contributed by atoms with Gasteiger partial charge in [0.2, 0.25) is 11.5 Å². The van der Waals surface area contributed by atoms with E-state index in [0.717, 1.165) is 0 Å². The number of ether oxygens (including phenoxy) is 1. The average molecular weight is 212 g/mol. The van der Waals surface area contributed by atoms with E-state index < -0.39 is 0 Å². The molecule has 0 bridgehead atoms. The third-order valence-corrected chi connectivity index (χ3v) is 2.34. The number of carbonyl (C=O) groups is 1. The first kappa shape index (κ1) is 9.91. The average Bonchev–Trinajstić information content (AvgIpc) is 2.64. The molecule has 2 N–H and O–H groups in total. The molecule has 1 saturated heterocycles. The lowest BCUT2D eigenvalue weighted by Gasteiger charge is -2.32. The summed E-state index contributed by atoms with van der Waals surface area (Å²) in [5, 5.41) is 6.85. The molecule has 0 spiro atoms. The maximum Gasteiger partial charge on any atom is 0.280 e. The van der Waals surface area contributed by atoms with E-state index in [2.05, 4.69) is 14.9 Å². The lowest BCUT2D eigenvalue weighted by molar-refractivity contribution is 0.00310. The van der Waals surface area contributed by atoms with Crippen molar-refractivity contribution in [2.24, 2.45) is 0 Å². The van der Waals surface area contributed by atoms with Crippen molar-refractivity contribution in [3.63, 3.8) is 0 Å². The van der Waals surface area contributed by atoms with E-state index in [1.165, 1.54) is 0 Å². The fraction of sp³-hybridized carbons (Fsp3) is 0.625. The van der Waals surface area contributed by atoms with E-state index in [9.17, 15) is 4.79 Å². The van der Waals surface area contributed by atoms with Crippen molar-refractivity contribution < 1.29 is 14.2 Å². The highest BCUT2D eigenvalue weighted by molar-refractivity contribution is 5.96. The van der Waals surface area contributed by atoms with Crippen LogP contribution in [-0.2, 0) is 4.74 Å². The Morgan fingerprint density at radius 2 is 2.40 bits per heavy atom. The summed E-state index contributed by atoms with van der Waals surface area (Å²) >= 11 is 0. The Morgan fingerprint density at radius 3 is 3.00 bits per heavy atom. The third kappa shape index (κ3) is 1.78. The van der Waals surface area contributed by atoms with Crippen LogP contribution in [0, 0.1) is 0 Å². The van der Waals surface area contributed by atoms with Gasteiger partial charge in [-0.2, -0.15) is 0 Å². The molecule has 7 heteroatoms. The van der Waals surface area contributed by atoms with E-state index >= 15 is 0 Å². The maximum atomic E-state index is 11.9. The Bertz CT molecular complexity index is 365. The van der Waals surface area contributed by atoms with Gasteiger partial charge in [-0.15, -0.1) is 0 Å². The first-order valence-corrected chi connectivity index (χ1v) is 4.67. The number of morpholine rings is 1. The Morgan fingerprint density at radius 1 is 1.60 bits per heavy atom. The Kier molecular flexibility index (Phi) is 2.55. The van der Waals surface area contributed by atoms with Crippen LogP contribution in [0.25, 0.3) is 0 Å². The van der Waals surface area contributed by atoms with Crippen molar-refractivity contribution in [1.29, 1.82) is 0 Å². The maximum absolute atomic E-state index is 11.9. The molecule has 0 radical (unpaired) electrons. The summed E-state index contributed by atoms with van der Waals surface area (Å²) in [7, 11) is 0. The fourth-order valence-electron chi connectivity index (χ4n) is 1.51. The molecule has 0 aliphatic carbocycles. The number of carbonyl (C=O) groups excluding carboxylic acids is 1.